The Kier molecular flexibility index (Phi) is 7.06. The van der Waals surface area contributed by atoms with Crippen LogP contribution < -0.4 is 4.74 Å². The van der Waals surface area contributed by atoms with E-state index >= 15 is 0 Å². The molecule has 2 aliphatic heterocycles. The number of oxazole rings is 1. The molecule has 1 atom stereocenters. The first-order valence-electron chi connectivity index (χ1n) is 12.3. The smallest absolute Gasteiger partial charge is 0.236 e. The molecule has 4 heterocycles. The van der Waals surface area contributed by atoms with Crippen LogP contribution in [0.2, 0.25) is 0 Å². The Balaban J connectivity index is 1.16. The molecule has 0 spiro atoms. The lowest BCUT2D eigenvalue weighted by atomic mass is 9.76. The number of likely N-dealkylation sites (tertiary alicyclic amines) is 1. The van der Waals surface area contributed by atoms with Crippen LogP contribution in [-0.4, -0.2) is 42.2 Å². The van der Waals surface area contributed by atoms with E-state index in [-0.39, 0.29) is 18.0 Å². The summed E-state index contributed by atoms with van der Waals surface area (Å²) >= 11 is 1.64. The van der Waals surface area contributed by atoms with E-state index in [4.69, 9.17) is 18.6 Å². The topological polar surface area (TPSA) is 57.0 Å². The molecule has 2 aliphatic rings. The van der Waals surface area contributed by atoms with Crippen LogP contribution in [0.25, 0.3) is 10.8 Å². The minimum atomic E-state index is -0.0686. The zero-order valence-electron chi connectivity index (χ0n) is 20.3. The van der Waals surface area contributed by atoms with Crippen molar-refractivity contribution in [3.8, 4) is 16.5 Å². The van der Waals surface area contributed by atoms with Gasteiger partial charge in [0.25, 0.3) is 0 Å². The molecule has 6 nitrogen and oxygen atoms in total. The molecular weight excluding hydrogens is 448 g/mol. The van der Waals surface area contributed by atoms with Crippen LogP contribution in [0.1, 0.15) is 50.1 Å². The van der Waals surface area contributed by atoms with E-state index in [0.29, 0.717) is 12.5 Å². The van der Waals surface area contributed by atoms with E-state index in [1.54, 1.807) is 11.3 Å². The average molecular weight is 483 g/mol. The predicted octanol–water partition coefficient (Wildman–Crippen LogP) is 6.04. The van der Waals surface area contributed by atoms with Crippen molar-refractivity contribution in [2.75, 3.05) is 19.7 Å². The fraction of sp³-hybridized carbons (Fsp3) is 0.519. The minimum Gasteiger partial charge on any atom is -0.493 e. The van der Waals surface area contributed by atoms with Crippen molar-refractivity contribution in [3.63, 3.8) is 0 Å². The maximum Gasteiger partial charge on any atom is 0.236 e. The fourth-order valence-electron chi connectivity index (χ4n) is 5.11. The highest BCUT2D eigenvalue weighted by Gasteiger charge is 2.48. The van der Waals surface area contributed by atoms with Crippen molar-refractivity contribution in [1.82, 2.24) is 9.88 Å². The van der Waals surface area contributed by atoms with Crippen molar-refractivity contribution in [1.29, 1.82) is 0 Å². The van der Waals surface area contributed by atoms with Gasteiger partial charge in [-0.1, -0.05) is 25.1 Å². The van der Waals surface area contributed by atoms with Gasteiger partial charge in [0.1, 0.15) is 11.5 Å². The van der Waals surface area contributed by atoms with Gasteiger partial charge in [0.2, 0.25) is 5.89 Å². The summed E-state index contributed by atoms with van der Waals surface area (Å²) in [7, 11) is 0. The van der Waals surface area contributed by atoms with Gasteiger partial charge in [-0.2, -0.15) is 0 Å². The van der Waals surface area contributed by atoms with Gasteiger partial charge in [-0.15, -0.1) is 11.3 Å². The molecule has 0 aliphatic carbocycles. The summed E-state index contributed by atoms with van der Waals surface area (Å²) < 4.78 is 23.8. The SMILES string of the molecule is CCC1(C2OC(C)O2)CCCN(Cc2cccc(OCCc3nc(-c4cccs4)oc3C)c2)C1. The Hall–Kier alpha value is -2.19. The average Bonchev–Trinajstić information content (AvgIpc) is 3.48. The molecule has 34 heavy (non-hydrogen) atoms. The molecule has 3 aromatic rings. The van der Waals surface area contributed by atoms with E-state index in [1.165, 1.54) is 12.0 Å². The number of nitrogens with zero attached hydrogens (tertiary/aromatic N) is 2. The lowest BCUT2D eigenvalue weighted by Crippen LogP contribution is -2.57. The third-order valence-corrected chi connectivity index (χ3v) is 7.92. The van der Waals surface area contributed by atoms with Crippen molar-refractivity contribution in [2.24, 2.45) is 5.41 Å². The van der Waals surface area contributed by atoms with Gasteiger partial charge in [-0.3, -0.25) is 4.90 Å². The Labute approximate surface area is 205 Å². The molecule has 0 N–H and O–H groups in total. The van der Waals surface area contributed by atoms with E-state index in [2.05, 4.69) is 35.0 Å². The van der Waals surface area contributed by atoms with Crippen molar-refractivity contribution < 1.29 is 18.6 Å². The van der Waals surface area contributed by atoms with Crippen LogP contribution in [0.5, 0.6) is 5.75 Å². The maximum absolute atomic E-state index is 6.10. The zero-order valence-corrected chi connectivity index (χ0v) is 21.1. The number of thiophene rings is 1. The number of piperidine rings is 1. The Morgan fingerprint density at radius 1 is 1.24 bits per heavy atom. The number of aryl methyl sites for hydroxylation is 1. The molecule has 0 saturated carbocycles. The molecule has 0 amide bonds. The van der Waals surface area contributed by atoms with E-state index in [1.807, 2.05) is 37.4 Å². The molecular formula is C27H34N2O4S. The minimum absolute atomic E-state index is 0.0645. The van der Waals surface area contributed by atoms with Gasteiger partial charge in [0.15, 0.2) is 12.6 Å². The standard InChI is InChI=1S/C27H34N2O4S/c1-4-27(26-32-20(3)33-26)12-7-13-29(18-27)17-21-8-5-9-22(16-21)30-14-11-23-19(2)31-25(28-23)24-10-6-15-34-24/h5-6,8-10,15-16,20,26H,4,7,11-14,17-18H2,1-3H3. The third-order valence-electron chi connectivity index (χ3n) is 7.06. The number of ether oxygens (including phenoxy) is 3. The first kappa shape index (κ1) is 23.5. The zero-order chi connectivity index (χ0) is 23.5. The Morgan fingerprint density at radius 2 is 2.12 bits per heavy atom. The molecule has 2 fully saturated rings. The molecule has 182 valence electrons. The fourth-order valence-corrected chi connectivity index (χ4v) is 5.76. The van der Waals surface area contributed by atoms with Crippen molar-refractivity contribution in [2.45, 2.75) is 65.6 Å². The highest BCUT2D eigenvalue weighted by atomic mass is 32.1. The molecule has 0 bridgehead atoms. The lowest BCUT2D eigenvalue weighted by molar-refractivity contribution is -0.415. The number of hydrogen-bond acceptors (Lipinski definition) is 7. The number of benzene rings is 1. The van der Waals surface area contributed by atoms with Crippen LogP contribution >= 0.6 is 11.3 Å². The summed E-state index contributed by atoms with van der Waals surface area (Å²) in [4.78, 5) is 8.26. The first-order valence-corrected chi connectivity index (χ1v) is 13.2. The molecule has 0 radical (unpaired) electrons. The Bertz CT molecular complexity index is 1080. The number of rotatable bonds is 9. The van der Waals surface area contributed by atoms with Gasteiger partial charge >= 0.3 is 0 Å². The number of aromatic nitrogens is 1. The maximum atomic E-state index is 6.10. The summed E-state index contributed by atoms with van der Waals surface area (Å²) in [5.74, 6) is 2.45. The predicted molar refractivity (Wildman–Crippen MR) is 133 cm³/mol. The van der Waals surface area contributed by atoms with Gasteiger partial charge in [0, 0.05) is 24.9 Å². The summed E-state index contributed by atoms with van der Waals surface area (Å²) in [6.45, 7) is 9.78. The molecule has 1 unspecified atom stereocenters. The largest absolute Gasteiger partial charge is 0.493 e. The van der Waals surface area contributed by atoms with Gasteiger partial charge < -0.3 is 18.6 Å². The second-order valence-electron chi connectivity index (χ2n) is 9.45. The van der Waals surface area contributed by atoms with Crippen LogP contribution in [0, 0.1) is 12.3 Å². The van der Waals surface area contributed by atoms with Crippen LogP contribution in [0.4, 0.5) is 0 Å². The summed E-state index contributed by atoms with van der Waals surface area (Å²) in [5.41, 5.74) is 2.32. The second-order valence-corrected chi connectivity index (χ2v) is 10.4. The van der Waals surface area contributed by atoms with E-state index in [0.717, 1.165) is 61.0 Å². The van der Waals surface area contributed by atoms with Gasteiger partial charge in [-0.05, 0) is 68.8 Å². The highest BCUT2D eigenvalue weighted by molar-refractivity contribution is 7.13. The van der Waals surface area contributed by atoms with Crippen LogP contribution in [-0.2, 0) is 22.4 Å². The first-order chi connectivity index (χ1) is 16.5. The number of hydrogen-bond donors (Lipinski definition) is 0. The third kappa shape index (κ3) is 5.08. The summed E-state index contributed by atoms with van der Waals surface area (Å²) in [6, 6.07) is 12.5. The Morgan fingerprint density at radius 3 is 2.88 bits per heavy atom. The van der Waals surface area contributed by atoms with Crippen LogP contribution in [0.3, 0.4) is 0 Å². The van der Waals surface area contributed by atoms with Gasteiger partial charge in [0.05, 0.1) is 17.2 Å². The quantitative estimate of drug-likeness (QED) is 0.370. The molecule has 5 rings (SSSR count). The van der Waals surface area contributed by atoms with Crippen LogP contribution in [0.15, 0.2) is 46.2 Å². The summed E-state index contributed by atoms with van der Waals surface area (Å²) in [5, 5.41) is 2.03. The molecule has 2 aromatic heterocycles. The monoisotopic (exact) mass is 482 g/mol. The van der Waals surface area contributed by atoms with E-state index < -0.39 is 0 Å². The highest BCUT2D eigenvalue weighted by Crippen LogP contribution is 2.43. The second kappa shape index (κ2) is 10.2. The van der Waals surface area contributed by atoms with Crippen molar-refractivity contribution >= 4 is 11.3 Å². The molecule has 7 heteroatoms. The normalized spacial score (nSPS) is 25.3. The van der Waals surface area contributed by atoms with Gasteiger partial charge in [-0.25, -0.2) is 4.98 Å². The summed E-state index contributed by atoms with van der Waals surface area (Å²) in [6.07, 6.45) is 3.99. The molecule has 2 saturated heterocycles. The van der Waals surface area contributed by atoms with E-state index in [9.17, 15) is 0 Å². The van der Waals surface area contributed by atoms with Crippen molar-refractivity contribution in [3.05, 3.63) is 58.8 Å². The molecule has 1 aromatic carbocycles. The lowest BCUT2D eigenvalue weighted by Gasteiger charge is -2.51.